The van der Waals surface area contributed by atoms with Gasteiger partial charge in [0, 0.05) is 24.0 Å². The topological polar surface area (TPSA) is 98.0 Å². The average Bonchev–Trinajstić information content (AvgIpc) is 3.18. The maximum absolute atomic E-state index is 14.0. The fourth-order valence-corrected chi connectivity index (χ4v) is 3.94. The first-order valence-electron chi connectivity index (χ1n) is 8.71. The molecule has 30 heavy (non-hydrogen) atoms. The molecule has 0 unspecified atom stereocenters. The highest BCUT2D eigenvalue weighted by Crippen LogP contribution is 2.24. The number of nitrogens with one attached hydrogen (secondary N) is 1. The molecule has 0 bridgehead atoms. The van der Waals surface area contributed by atoms with Crippen LogP contribution >= 0.6 is 0 Å². The third-order valence-electron chi connectivity index (χ3n) is 4.19. The van der Waals surface area contributed by atoms with Crippen molar-refractivity contribution in [2.24, 2.45) is 0 Å². The average molecular weight is 428 g/mol. The molecule has 0 saturated heterocycles. The van der Waals surface area contributed by atoms with Crippen molar-refractivity contribution in [1.82, 2.24) is 15.1 Å². The van der Waals surface area contributed by atoms with Crippen molar-refractivity contribution < 1.29 is 21.7 Å². The molecule has 7 nitrogen and oxygen atoms in total. The number of sulfonamides is 1. The second-order valence-corrected chi connectivity index (χ2v) is 7.91. The van der Waals surface area contributed by atoms with E-state index in [0.717, 1.165) is 17.7 Å². The van der Waals surface area contributed by atoms with Crippen LogP contribution in [0.3, 0.4) is 0 Å². The highest BCUT2D eigenvalue weighted by molar-refractivity contribution is 7.92. The summed E-state index contributed by atoms with van der Waals surface area (Å²) < 4.78 is 59.9. The predicted octanol–water partition coefficient (Wildman–Crippen LogP) is 3.80. The number of hydrogen-bond donors (Lipinski definition) is 1. The second kappa shape index (κ2) is 7.99. The molecule has 0 saturated carbocycles. The van der Waals surface area contributed by atoms with E-state index in [-0.39, 0.29) is 18.0 Å². The number of para-hydroxylation sites is 1. The fraction of sp³-hybridized carbons (Fsp3) is 0.0500. The van der Waals surface area contributed by atoms with Crippen LogP contribution in [-0.2, 0) is 16.4 Å². The van der Waals surface area contributed by atoms with Crippen molar-refractivity contribution in [2.45, 2.75) is 11.3 Å². The Bertz CT molecular complexity index is 1290. The van der Waals surface area contributed by atoms with E-state index in [1.54, 1.807) is 42.7 Å². The maximum atomic E-state index is 14.0. The van der Waals surface area contributed by atoms with Crippen molar-refractivity contribution in [1.29, 1.82) is 0 Å². The summed E-state index contributed by atoms with van der Waals surface area (Å²) in [6.45, 7) is 0. The lowest BCUT2D eigenvalue weighted by atomic mass is 10.1. The summed E-state index contributed by atoms with van der Waals surface area (Å²) in [5, 5.41) is 3.92. The molecule has 0 aliphatic rings. The van der Waals surface area contributed by atoms with Gasteiger partial charge in [-0.15, -0.1) is 0 Å². The number of benzene rings is 2. The van der Waals surface area contributed by atoms with E-state index in [0.29, 0.717) is 17.5 Å². The van der Waals surface area contributed by atoms with Gasteiger partial charge in [-0.25, -0.2) is 17.2 Å². The van der Waals surface area contributed by atoms with Gasteiger partial charge in [0.25, 0.3) is 10.0 Å². The molecule has 0 amide bonds. The molecular weight excluding hydrogens is 414 g/mol. The van der Waals surface area contributed by atoms with Gasteiger partial charge in [-0.2, -0.15) is 4.98 Å². The SMILES string of the molecule is O=S(=O)(Nc1ccccc1Cc1nc(-c2ccncc2)no1)c1ccc(F)cc1F. The van der Waals surface area contributed by atoms with Crippen LogP contribution < -0.4 is 4.72 Å². The third-order valence-corrected chi connectivity index (χ3v) is 5.59. The molecule has 0 aliphatic heterocycles. The lowest BCUT2D eigenvalue weighted by Crippen LogP contribution is -2.16. The van der Waals surface area contributed by atoms with E-state index in [1.165, 1.54) is 6.07 Å². The highest BCUT2D eigenvalue weighted by atomic mass is 32.2. The molecule has 0 spiro atoms. The Morgan fingerprint density at radius 3 is 2.53 bits per heavy atom. The van der Waals surface area contributed by atoms with Crippen LogP contribution in [0.1, 0.15) is 11.5 Å². The van der Waals surface area contributed by atoms with E-state index in [9.17, 15) is 17.2 Å². The molecule has 4 aromatic rings. The number of aromatic nitrogens is 3. The molecule has 0 radical (unpaired) electrons. The van der Waals surface area contributed by atoms with Gasteiger partial charge in [-0.1, -0.05) is 23.4 Å². The standard InChI is InChI=1S/C20H14F2N4O3S/c21-15-5-6-18(16(22)12-15)30(27,28)26-17-4-2-1-3-14(17)11-19-24-20(25-29-19)13-7-9-23-10-8-13/h1-10,12,26H,11H2. The van der Waals surface area contributed by atoms with E-state index in [1.807, 2.05) is 0 Å². The molecule has 10 heteroatoms. The molecule has 4 rings (SSSR count). The summed E-state index contributed by atoms with van der Waals surface area (Å²) in [7, 11) is -4.28. The van der Waals surface area contributed by atoms with E-state index in [4.69, 9.17) is 4.52 Å². The number of anilines is 1. The Morgan fingerprint density at radius 1 is 1.00 bits per heavy atom. The molecule has 152 valence electrons. The first-order valence-corrected chi connectivity index (χ1v) is 10.2. The molecular formula is C20H14F2N4O3S. The summed E-state index contributed by atoms with van der Waals surface area (Å²) in [6.07, 6.45) is 3.34. The van der Waals surface area contributed by atoms with Crippen molar-refractivity contribution in [3.05, 3.63) is 90.1 Å². The van der Waals surface area contributed by atoms with Crippen LogP contribution in [0.15, 0.2) is 76.4 Å². The minimum atomic E-state index is -4.28. The molecule has 2 heterocycles. The van der Waals surface area contributed by atoms with Gasteiger partial charge in [-0.3, -0.25) is 9.71 Å². The van der Waals surface area contributed by atoms with Gasteiger partial charge < -0.3 is 4.52 Å². The summed E-state index contributed by atoms with van der Waals surface area (Å²) in [4.78, 5) is 7.58. The number of rotatable bonds is 6. The quantitative estimate of drug-likeness (QED) is 0.502. The predicted molar refractivity (Wildman–Crippen MR) is 104 cm³/mol. The lowest BCUT2D eigenvalue weighted by Gasteiger charge is -2.12. The van der Waals surface area contributed by atoms with Crippen LogP contribution in [0.25, 0.3) is 11.4 Å². The van der Waals surface area contributed by atoms with Crippen molar-refractivity contribution in [2.75, 3.05) is 4.72 Å². The normalized spacial score (nSPS) is 11.4. The zero-order valence-electron chi connectivity index (χ0n) is 15.3. The monoisotopic (exact) mass is 428 g/mol. The first kappa shape index (κ1) is 19.6. The maximum Gasteiger partial charge on any atom is 0.264 e. The van der Waals surface area contributed by atoms with Crippen molar-refractivity contribution in [3.8, 4) is 11.4 Å². The Hall–Kier alpha value is -3.66. The van der Waals surface area contributed by atoms with Gasteiger partial charge in [-0.05, 0) is 35.9 Å². The van der Waals surface area contributed by atoms with E-state index in [2.05, 4.69) is 19.8 Å². The van der Waals surface area contributed by atoms with E-state index < -0.39 is 26.6 Å². The third kappa shape index (κ3) is 4.18. The summed E-state index contributed by atoms with van der Waals surface area (Å²) in [5.74, 6) is -1.41. The zero-order valence-corrected chi connectivity index (χ0v) is 16.1. The smallest absolute Gasteiger partial charge is 0.264 e. The largest absolute Gasteiger partial charge is 0.339 e. The van der Waals surface area contributed by atoms with Crippen LogP contribution in [0.4, 0.5) is 14.5 Å². The Kier molecular flexibility index (Phi) is 5.23. The molecule has 0 aliphatic carbocycles. The van der Waals surface area contributed by atoms with Gasteiger partial charge in [0.2, 0.25) is 11.7 Å². The fourth-order valence-electron chi connectivity index (χ4n) is 2.77. The number of nitrogens with zero attached hydrogens (tertiary/aromatic N) is 3. The summed E-state index contributed by atoms with van der Waals surface area (Å²) in [5.41, 5.74) is 1.47. The van der Waals surface area contributed by atoms with Crippen LogP contribution in [0, 0.1) is 11.6 Å². The summed E-state index contributed by atoms with van der Waals surface area (Å²) >= 11 is 0. The molecule has 1 N–H and O–H groups in total. The minimum Gasteiger partial charge on any atom is -0.339 e. The molecule has 2 aromatic heterocycles. The lowest BCUT2D eigenvalue weighted by molar-refractivity contribution is 0.386. The van der Waals surface area contributed by atoms with Crippen LogP contribution in [-0.4, -0.2) is 23.5 Å². The Morgan fingerprint density at radius 2 is 1.77 bits per heavy atom. The highest BCUT2D eigenvalue weighted by Gasteiger charge is 2.21. The van der Waals surface area contributed by atoms with Gasteiger partial charge in [0.15, 0.2) is 0 Å². The number of halogens is 2. The summed E-state index contributed by atoms with van der Waals surface area (Å²) in [6, 6.07) is 12.3. The number of hydrogen-bond acceptors (Lipinski definition) is 6. The molecule has 2 aromatic carbocycles. The van der Waals surface area contributed by atoms with Crippen LogP contribution in [0.2, 0.25) is 0 Å². The van der Waals surface area contributed by atoms with Gasteiger partial charge >= 0.3 is 0 Å². The Balaban J connectivity index is 1.60. The van der Waals surface area contributed by atoms with Crippen molar-refractivity contribution >= 4 is 15.7 Å². The zero-order chi connectivity index (χ0) is 21.1. The second-order valence-electron chi connectivity index (χ2n) is 6.26. The number of pyridine rings is 1. The minimum absolute atomic E-state index is 0.142. The molecule has 0 atom stereocenters. The molecule has 0 fully saturated rings. The van der Waals surface area contributed by atoms with Gasteiger partial charge in [0.1, 0.15) is 16.5 Å². The Labute approximate surface area is 170 Å². The van der Waals surface area contributed by atoms with Gasteiger partial charge in [0.05, 0.1) is 12.1 Å². The van der Waals surface area contributed by atoms with Crippen molar-refractivity contribution in [3.63, 3.8) is 0 Å². The first-order chi connectivity index (χ1) is 14.4. The van der Waals surface area contributed by atoms with E-state index >= 15 is 0 Å². The van der Waals surface area contributed by atoms with Crippen LogP contribution in [0.5, 0.6) is 0 Å².